The quantitative estimate of drug-likeness (QED) is 0.473. The van der Waals surface area contributed by atoms with Crippen LogP contribution in [0.1, 0.15) is 11.4 Å². The van der Waals surface area contributed by atoms with Gasteiger partial charge in [0.25, 0.3) is 0 Å². The van der Waals surface area contributed by atoms with Gasteiger partial charge in [0.2, 0.25) is 5.82 Å². The van der Waals surface area contributed by atoms with E-state index in [9.17, 15) is 0 Å². The molecule has 0 fully saturated rings. The van der Waals surface area contributed by atoms with Gasteiger partial charge in [-0.3, -0.25) is 0 Å². The summed E-state index contributed by atoms with van der Waals surface area (Å²) in [5, 5.41) is 12.7. The molecule has 0 bridgehead atoms. The fraction of sp³-hybridized carbons (Fsp3) is 0.158. The summed E-state index contributed by atoms with van der Waals surface area (Å²) in [5.74, 6) is 2.28. The van der Waals surface area contributed by atoms with Crippen LogP contribution in [0.5, 0.6) is 5.75 Å². The minimum absolute atomic E-state index is 0.435. The standard InChI is InChI=1S/C19H17BrN6O/c1-25-11-10-21-18(25)13-27-17-8-2-14(3-9-17)12-26-23-19(22-24-26)15-4-6-16(20)7-5-15/h2-11H,12-13H2,1H3. The zero-order chi connectivity index (χ0) is 18.6. The van der Waals surface area contributed by atoms with Crippen molar-refractivity contribution in [3.8, 4) is 17.1 Å². The summed E-state index contributed by atoms with van der Waals surface area (Å²) < 4.78 is 8.73. The Hall–Kier alpha value is -3.00. The predicted molar refractivity (Wildman–Crippen MR) is 104 cm³/mol. The van der Waals surface area contributed by atoms with Crippen molar-refractivity contribution in [2.75, 3.05) is 0 Å². The molecule has 0 aliphatic heterocycles. The van der Waals surface area contributed by atoms with Gasteiger partial charge in [0, 0.05) is 29.5 Å². The van der Waals surface area contributed by atoms with Gasteiger partial charge in [-0.15, -0.1) is 10.2 Å². The molecule has 136 valence electrons. The molecule has 2 aromatic heterocycles. The number of imidazole rings is 1. The van der Waals surface area contributed by atoms with E-state index < -0.39 is 0 Å². The van der Waals surface area contributed by atoms with Gasteiger partial charge in [0.05, 0.1) is 6.54 Å². The molecule has 0 aliphatic carbocycles. The Balaban J connectivity index is 1.38. The third kappa shape index (κ3) is 4.22. The lowest BCUT2D eigenvalue weighted by molar-refractivity contribution is 0.291. The maximum absolute atomic E-state index is 5.77. The van der Waals surface area contributed by atoms with E-state index in [2.05, 4.69) is 36.3 Å². The van der Waals surface area contributed by atoms with Gasteiger partial charge in [-0.2, -0.15) is 4.80 Å². The van der Waals surface area contributed by atoms with E-state index in [1.54, 1.807) is 11.0 Å². The molecule has 2 heterocycles. The van der Waals surface area contributed by atoms with E-state index in [-0.39, 0.29) is 0 Å². The summed E-state index contributed by atoms with van der Waals surface area (Å²) in [4.78, 5) is 5.83. The number of nitrogens with zero attached hydrogens (tertiary/aromatic N) is 6. The van der Waals surface area contributed by atoms with Gasteiger partial charge >= 0.3 is 0 Å². The Bertz CT molecular complexity index is 1020. The number of hydrogen-bond donors (Lipinski definition) is 0. The summed E-state index contributed by atoms with van der Waals surface area (Å²) in [7, 11) is 1.95. The van der Waals surface area contributed by atoms with Crippen molar-refractivity contribution < 1.29 is 4.74 Å². The van der Waals surface area contributed by atoms with Gasteiger partial charge in [0.1, 0.15) is 18.2 Å². The van der Waals surface area contributed by atoms with E-state index in [0.717, 1.165) is 27.2 Å². The molecule has 0 radical (unpaired) electrons. The van der Waals surface area contributed by atoms with E-state index in [1.807, 2.05) is 66.3 Å². The molecule has 0 atom stereocenters. The van der Waals surface area contributed by atoms with Gasteiger partial charge in [0.15, 0.2) is 0 Å². The van der Waals surface area contributed by atoms with Crippen LogP contribution in [0.2, 0.25) is 0 Å². The number of aryl methyl sites for hydroxylation is 1. The molecule has 0 N–H and O–H groups in total. The van der Waals surface area contributed by atoms with Crippen LogP contribution >= 0.6 is 15.9 Å². The number of aromatic nitrogens is 6. The fourth-order valence-electron chi connectivity index (χ4n) is 2.56. The SMILES string of the molecule is Cn1ccnc1COc1ccc(Cn2nnc(-c3ccc(Br)cc3)n2)cc1. The molecule has 0 amide bonds. The smallest absolute Gasteiger partial charge is 0.204 e. The lowest BCUT2D eigenvalue weighted by Crippen LogP contribution is -2.05. The van der Waals surface area contributed by atoms with E-state index in [4.69, 9.17) is 4.74 Å². The Morgan fingerprint density at radius 2 is 1.81 bits per heavy atom. The Morgan fingerprint density at radius 1 is 1.04 bits per heavy atom. The second-order valence-corrected chi connectivity index (χ2v) is 6.95. The molecular weight excluding hydrogens is 408 g/mol. The summed E-state index contributed by atoms with van der Waals surface area (Å²) in [6.45, 7) is 0.979. The van der Waals surface area contributed by atoms with Crippen LogP contribution in [0.4, 0.5) is 0 Å². The third-order valence-corrected chi connectivity index (χ3v) is 4.62. The molecule has 7 nitrogen and oxygen atoms in total. The van der Waals surface area contributed by atoms with Crippen molar-refractivity contribution in [2.45, 2.75) is 13.2 Å². The van der Waals surface area contributed by atoms with Crippen LogP contribution in [0, 0.1) is 0 Å². The number of rotatable bonds is 6. The van der Waals surface area contributed by atoms with Crippen molar-refractivity contribution in [2.24, 2.45) is 7.05 Å². The van der Waals surface area contributed by atoms with Crippen molar-refractivity contribution in [3.05, 3.63) is 76.8 Å². The number of hydrogen-bond acceptors (Lipinski definition) is 5. The maximum atomic E-state index is 5.77. The molecule has 8 heteroatoms. The highest BCUT2D eigenvalue weighted by molar-refractivity contribution is 9.10. The third-order valence-electron chi connectivity index (χ3n) is 4.09. The highest BCUT2D eigenvalue weighted by atomic mass is 79.9. The monoisotopic (exact) mass is 424 g/mol. The van der Waals surface area contributed by atoms with E-state index >= 15 is 0 Å². The average Bonchev–Trinajstić information content (AvgIpc) is 3.31. The first-order valence-corrected chi connectivity index (χ1v) is 9.18. The van der Waals surface area contributed by atoms with Gasteiger partial charge in [-0.05, 0) is 47.2 Å². The zero-order valence-electron chi connectivity index (χ0n) is 14.7. The second kappa shape index (κ2) is 7.71. The largest absolute Gasteiger partial charge is 0.486 e. The lowest BCUT2D eigenvalue weighted by atomic mass is 10.2. The Morgan fingerprint density at radius 3 is 2.52 bits per heavy atom. The molecule has 0 saturated carbocycles. The van der Waals surface area contributed by atoms with Crippen molar-refractivity contribution in [1.29, 1.82) is 0 Å². The molecule has 4 aromatic rings. The average molecular weight is 425 g/mol. The topological polar surface area (TPSA) is 70.7 Å². The van der Waals surface area contributed by atoms with Crippen molar-refractivity contribution in [3.63, 3.8) is 0 Å². The number of benzene rings is 2. The van der Waals surface area contributed by atoms with Crippen LogP contribution in [-0.4, -0.2) is 29.8 Å². The summed E-state index contributed by atoms with van der Waals surface area (Å²) in [6.07, 6.45) is 3.66. The van der Waals surface area contributed by atoms with Crippen molar-refractivity contribution >= 4 is 15.9 Å². The van der Waals surface area contributed by atoms with Gasteiger partial charge < -0.3 is 9.30 Å². The van der Waals surface area contributed by atoms with Crippen LogP contribution in [0.25, 0.3) is 11.4 Å². The summed E-state index contributed by atoms with van der Waals surface area (Å²) in [6, 6.07) is 15.7. The molecule has 0 spiro atoms. The zero-order valence-corrected chi connectivity index (χ0v) is 16.2. The van der Waals surface area contributed by atoms with Crippen LogP contribution in [0.3, 0.4) is 0 Å². The highest BCUT2D eigenvalue weighted by Gasteiger charge is 2.07. The summed E-state index contributed by atoms with van der Waals surface area (Å²) in [5.41, 5.74) is 2.00. The molecule has 27 heavy (non-hydrogen) atoms. The molecule has 0 aliphatic rings. The van der Waals surface area contributed by atoms with Gasteiger partial charge in [-0.25, -0.2) is 4.98 Å². The molecular formula is C19H17BrN6O. The van der Waals surface area contributed by atoms with Crippen LogP contribution in [-0.2, 0) is 20.2 Å². The number of tetrazole rings is 1. The van der Waals surface area contributed by atoms with Crippen LogP contribution in [0.15, 0.2) is 65.4 Å². The minimum atomic E-state index is 0.435. The lowest BCUT2D eigenvalue weighted by Gasteiger charge is -2.07. The number of ether oxygens (including phenoxy) is 1. The van der Waals surface area contributed by atoms with E-state index in [0.29, 0.717) is 19.0 Å². The first-order valence-electron chi connectivity index (χ1n) is 8.39. The minimum Gasteiger partial charge on any atom is -0.486 e. The first-order chi connectivity index (χ1) is 13.2. The van der Waals surface area contributed by atoms with Crippen molar-refractivity contribution in [1.82, 2.24) is 29.8 Å². The Kier molecular flexibility index (Phi) is 4.97. The van der Waals surface area contributed by atoms with Gasteiger partial charge in [-0.1, -0.05) is 28.1 Å². The van der Waals surface area contributed by atoms with Crippen LogP contribution < -0.4 is 4.74 Å². The summed E-state index contributed by atoms with van der Waals surface area (Å²) >= 11 is 3.42. The fourth-order valence-corrected chi connectivity index (χ4v) is 2.83. The normalized spacial score (nSPS) is 10.9. The second-order valence-electron chi connectivity index (χ2n) is 6.04. The highest BCUT2D eigenvalue weighted by Crippen LogP contribution is 2.18. The maximum Gasteiger partial charge on any atom is 0.204 e. The Labute approximate surface area is 164 Å². The molecule has 0 unspecified atom stereocenters. The molecule has 0 saturated heterocycles. The predicted octanol–water partition coefficient (Wildman–Crippen LogP) is 3.46. The number of halogens is 1. The first kappa shape index (κ1) is 17.4. The molecule has 4 rings (SSSR count). The van der Waals surface area contributed by atoms with E-state index in [1.165, 1.54) is 0 Å². The molecule has 2 aromatic carbocycles.